The maximum atomic E-state index is 10.3. The van der Waals surface area contributed by atoms with Crippen molar-refractivity contribution in [2.75, 3.05) is 7.11 Å². The van der Waals surface area contributed by atoms with Gasteiger partial charge in [-0.3, -0.25) is 9.97 Å². The number of aromatic nitrogens is 2. The second-order valence-corrected chi connectivity index (χ2v) is 5.87. The van der Waals surface area contributed by atoms with E-state index in [0.29, 0.717) is 11.3 Å². The Bertz CT molecular complexity index is 1130. The number of carbonyl (C=O) groups is 1. The van der Waals surface area contributed by atoms with Gasteiger partial charge >= 0.3 is 28.8 Å². The molecule has 2 amide bonds. The number of nitrogens with one attached hydrogen (secondary N) is 1. The van der Waals surface area contributed by atoms with Gasteiger partial charge in [-0.15, -0.1) is 0 Å². The van der Waals surface area contributed by atoms with E-state index in [9.17, 15) is 4.79 Å². The van der Waals surface area contributed by atoms with Crippen LogP contribution in [0.15, 0.2) is 72.1 Å². The Kier molecular flexibility index (Phi) is 9.87. The second kappa shape index (κ2) is 12.1. The van der Waals surface area contributed by atoms with Crippen molar-refractivity contribution in [3.63, 3.8) is 0 Å². The monoisotopic (exact) mass is 470 g/mol. The summed E-state index contributed by atoms with van der Waals surface area (Å²) in [4.78, 5) is 19.0. The zero-order valence-corrected chi connectivity index (χ0v) is 17.4. The smallest absolute Gasteiger partial charge is 0.870 e. The number of hydrazone groups is 1. The Morgan fingerprint density at radius 2 is 1.61 bits per heavy atom. The minimum Gasteiger partial charge on any atom is -0.870 e. The Labute approximate surface area is 188 Å². The van der Waals surface area contributed by atoms with Crippen LogP contribution in [0.5, 0.6) is 11.5 Å². The van der Waals surface area contributed by atoms with Crippen LogP contribution in [0.25, 0.3) is 21.8 Å². The number of nitrogens with zero attached hydrogens (tertiary/aromatic N) is 3. The van der Waals surface area contributed by atoms with Crippen LogP contribution < -0.4 is 15.9 Å². The number of hydrogen-bond acceptors (Lipinski definition) is 6. The van der Waals surface area contributed by atoms with Crippen LogP contribution in [0.3, 0.4) is 0 Å². The maximum absolute atomic E-state index is 10.3. The summed E-state index contributed by atoms with van der Waals surface area (Å²) in [5, 5.41) is 13.5. The second-order valence-electron chi connectivity index (χ2n) is 5.87. The molecule has 0 spiro atoms. The molecular formula is C21H21CuN5O4+2. The Hall–Kier alpha value is -3.72. The fraction of sp³-hybridized carbons (Fsp3) is 0.0476. The number of fused-ring (bicyclic) bond motifs is 3. The summed E-state index contributed by atoms with van der Waals surface area (Å²) in [6, 6.07) is 16.5. The van der Waals surface area contributed by atoms with Gasteiger partial charge in [0, 0.05) is 23.2 Å². The first kappa shape index (κ1) is 25.3. The molecule has 2 aromatic carbocycles. The summed E-state index contributed by atoms with van der Waals surface area (Å²) >= 11 is 0. The molecule has 10 heteroatoms. The summed E-state index contributed by atoms with van der Waals surface area (Å²) in [6.07, 6.45) is 4.93. The summed E-state index contributed by atoms with van der Waals surface area (Å²) in [6.45, 7) is 0. The molecule has 163 valence electrons. The topological polar surface area (TPSA) is 155 Å². The largest absolute Gasteiger partial charge is 2.00 e. The first-order chi connectivity index (χ1) is 14.1. The molecule has 2 aromatic heterocycles. The number of benzene rings is 2. The molecule has 0 fully saturated rings. The average Bonchev–Trinajstić information content (AvgIpc) is 2.75. The number of ether oxygens (including phenoxy) is 1. The Morgan fingerprint density at radius 1 is 1.03 bits per heavy atom. The third-order valence-corrected chi connectivity index (χ3v) is 4.00. The van der Waals surface area contributed by atoms with Gasteiger partial charge in [0.1, 0.15) is 0 Å². The molecule has 4 aromatic rings. The first-order valence-corrected chi connectivity index (χ1v) is 8.65. The molecule has 4 rings (SSSR count). The number of pyridine rings is 2. The van der Waals surface area contributed by atoms with Crippen molar-refractivity contribution in [2.45, 2.75) is 0 Å². The molecule has 0 atom stereocenters. The average molecular weight is 471 g/mol. The number of hydrogen-bond donors (Lipinski definition) is 2. The van der Waals surface area contributed by atoms with E-state index in [2.05, 4.69) is 39.3 Å². The van der Waals surface area contributed by atoms with Crippen molar-refractivity contribution in [2.24, 2.45) is 10.8 Å². The molecule has 0 aliphatic rings. The SMILES string of the molecule is COc1cccc(C=NNC(N)=O)c1[OH2+].[Cu+2].[OH-].c1cnc2c(c1)ccc1cccnc12. The van der Waals surface area contributed by atoms with Crippen LogP contribution in [-0.4, -0.2) is 39.9 Å². The molecule has 2 heterocycles. The van der Waals surface area contributed by atoms with Crippen molar-refractivity contribution in [3.05, 3.63) is 72.6 Å². The number of rotatable bonds is 3. The third kappa shape index (κ3) is 6.38. The molecule has 9 nitrogen and oxygen atoms in total. The molecule has 0 saturated heterocycles. The fourth-order valence-corrected chi connectivity index (χ4v) is 2.67. The molecular weight excluding hydrogens is 450 g/mol. The molecule has 0 saturated carbocycles. The van der Waals surface area contributed by atoms with Crippen LogP contribution in [0.1, 0.15) is 5.56 Å². The molecule has 31 heavy (non-hydrogen) atoms. The van der Waals surface area contributed by atoms with Gasteiger partial charge in [-0.1, -0.05) is 30.3 Å². The van der Waals surface area contributed by atoms with Crippen LogP contribution in [0, 0.1) is 0 Å². The van der Waals surface area contributed by atoms with Crippen molar-refractivity contribution in [1.29, 1.82) is 0 Å². The van der Waals surface area contributed by atoms with Gasteiger partial charge in [0.15, 0.2) is 0 Å². The van der Waals surface area contributed by atoms with Gasteiger partial charge in [-0.2, -0.15) is 5.10 Å². The first-order valence-electron chi connectivity index (χ1n) is 8.65. The minimum atomic E-state index is -0.749. The zero-order valence-electron chi connectivity index (χ0n) is 16.4. The van der Waals surface area contributed by atoms with E-state index in [-0.39, 0.29) is 28.3 Å². The van der Waals surface area contributed by atoms with Gasteiger partial charge < -0.3 is 21.1 Å². The van der Waals surface area contributed by atoms with E-state index < -0.39 is 6.03 Å². The van der Waals surface area contributed by atoms with E-state index in [1.165, 1.54) is 13.3 Å². The predicted octanol–water partition coefficient (Wildman–Crippen LogP) is 2.74. The zero-order chi connectivity index (χ0) is 20.6. The van der Waals surface area contributed by atoms with E-state index in [1.807, 2.05) is 17.6 Å². The van der Waals surface area contributed by atoms with Crippen molar-refractivity contribution >= 4 is 34.1 Å². The van der Waals surface area contributed by atoms with Crippen LogP contribution in [-0.2, 0) is 17.1 Å². The van der Waals surface area contributed by atoms with Gasteiger partial charge in [-0.25, -0.2) is 10.2 Å². The van der Waals surface area contributed by atoms with E-state index >= 15 is 0 Å². The quantitative estimate of drug-likeness (QED) is 0.155. The van der Waals surface area contributed by atoms with Gasteiger partial charge in [0.2, 0.25) is 5.75 Å². The van der Waals surface area contributed by atoms with Crippen molar-refractivity contribution < 1.29 is 37.2 Å². The molecule has 6 N–H and O–H groups in total. The molecule has 0 aliphatic carbocycles. The molecule has 0 aliphatic heterocycles. The fourth-order valence-electron chi connectivity index (χ4n) is 2.67. The van der Waals surface area contributed by atoms with Crippen molar-refractivity contribution in [3.8, 4) is 11.5 Å². The number of urea groups is 1. The minimum absolute atomic E-state index is 0. The van der Waals surface area contributed by atoms with Crippen LogP contribution in [0.2, 0.25) is 0 Å². The van der Waals surface area contributed by atoms with Crippen molar-refractivity contribution in [1.82, 2.24) is 15.4 Å². The van der Waals surface area contributed by atoms with E-state index in [0.717, 1.165) is 21.8 Å². The molecule has 0 bridgehead atoms. The number of para-hydroxylation sites is 1. The summed E-state index contributed by atoms with van der Waals surface area (Å²) in [5.41, 5.74) is 9.34. The number of nitrogens with two attached hydrogens (primary N) is 1. The number of carbonyl (C=O) groups excluding carboxylic acids is 1. The number of amides is 2. The van der Waals surface area contributed by atoms with Gasteiger partial charge in [0.25, 0.3) is 0 Å². The van der Waals surface area contributed by atoms with E-state index in [4.69, 9.17) is 15.6 Å². The number of primary amides is 1. The van der Waals surface area contributed by atoms with Crippen LogP contribution >= 0.6 is 0 Å². The Morgan fingerprint density at radius 3 is 2.13 bits per heavy atom. The van der Waals surface area contributed by atoms with Gasteiger partial charge in [-0.05, 0) is 24.3 Å². The van der Waals surface area contributed by atoms with Gasteiger partial charge in [0.05, 0.1) is 29.9 Å². The maximum Gasteiger partial charge on any atom is 2.00 e. The normalized spacial score (nSPS) is 9.84. The summed E-state index contributed by atoms with van der Waals surface area (Å²) < 4.78 is 4.95. The predicted molar refractivity (Wildman–Crippen MR) is 115 cm³/mol. The summed E-state index contributed by atoms with van der Waals surface area (Å²) in [5.74, 6) is 0.646. The van der Waals surface area contributed by atoms with Crippen LogP contribution in [0.4, 0.5) is 4.79 Å². The van der Waals surface area contributed by atoms with E-state index in [1.54, 1.807) is 30.6 Å². The summed E-state index contributed by atoms with van der Waals surface area (Å²) in [7, 11) is 1.48. The number of methoxy groups -OCH3 is 1. The Balaban J connectivity index is 0.000000291. The standard InChI is InChI=1S/C12H8N2.C9H11N3O3.Cu.H2O/c1-3-9-5-6-10-4-2-8-14-12(10)11(9)13-7-1;1-15-7-4-2-3-6(8(7)13)5-11-12-9(10)14;;/h1-8H;2-5,13H,1H3,(H3,10,12,14);;1H2/q;;+2;. The molecule has 1 radical (unpaired) electrons. The molecule has 0 unspecified atom stereocenters. The third-order valence-electron chi connectivity index (χ3n) is 4.00.